The number of aliphatic imine (C=N–C) groups is 1. The minimum absolute atomic E-state index is 0.0538. The van der Waals surface area contributed by atoms with Crippen LogP contribution in [0.4, 0.5) is 5.69 Å². The van der Waals surface area contributed by atoms with Crippen molar-refractivity contribution in [2.45, 2.75) is 20.4 Å². The van der Waals surface area contributed by atoms with Crippen molar-refractivity contribution in [3.05, 3.63) is 110 Å². The summed E-state index contributed by atoms with van der Waals surface area (Å²) in [4.78, 5) is 18.1. The summed E-state index contributed by atoms with van der Waals surface area (Å²) >= 11 is 10.9. The van der Waals surface area contributed by atoms with E-state index in [1.807, 2.05) is 79.9 Å². The van der Waals surface area contributed by atoms with Gasteiger partial charge in [-0.25, -0.2) is 9.79 Å². The van der Waals surface area contributed by atoms with Crippen LogP contribution in [0.15, 0.2) is 98.6 Å². The SMILES string of the molecule is CCOC(=O)C1=C(O)/C(=C/c2cn(Cc3ccc(Cl)cc3)c3ccc(Br)cc23)SC1=Nc1ccc(OCC)cc1. The zero-order valence-corrected chi connectivity index (χ0v) is 25.0. The van der Waals surface area contributed by atoms with Crippen molar-refractivity contribution in [3.63, 3.8) is 0 Å². The molecule has 0 saturated carbocycles. The number of nitrogens with zero attached hydrogens (tertiary/aromatic N) is 2. The summed E-state index contributed by atoms with van der Waals surface area (Å²) in [5, 5.41) is 13.3. The Kier molecular flexibility index (Phi) is 8.69. The smallest absolute Gasteiger partial charge is 0.344 e. The van der Waals surface area contributed by atoms with E-state index in [4.69, 9.17) is 21.1 Å². The Morgan fingerprint density at radius 2 is 1.82 bits per heavy atom. The number of esters is 1. The van der Waals surface area contributed by atoms with E-state index in [0.29, 0.717) is 33.8 Å². The largest absolute Gasteiger partial charge is 0.506 e. The Morgan fingerprint density at radius 1 is 1.07 bits per heavy atom. The number of benzene rings is 3. The lowest BCUT2D eigenvalue weighted by atomic mass is 10.1. The lowest BCUT2D eigenvalue weighted by Crippen LogP contribution is -2.12. The van der Waals surface area contributed by atoms with Gasteiger partial charge in [-0.05, 0) is 80.1 Å². The van der Waals surface area contributed by atoms with E-state index in [1.54, 1.807) is 6.92 Å². The van der Waals surface area contributed by atoms with Crippen LogP contribution in [0, 0.1) is 0 Å². The molecule has 0 spiro atoms. The van der Waals surface area contributed by atoms with Gasteiger partial charge in [0.1, 0.15) is 22.1 Å². The summed E-state index contributed by atoms with van der Waals surface area (Å²) in [5.41, 5.74) is 3.72. The van der Waals surface area contributed by atoms with Gasteiger partial charge in [-0.1, -0.05) is 51.4 Å². The number of hydrogen-bond donors (Lipinski definition) is 1. The number of thioether (sulfide) groups is 1. The maximum absolute atomic E-state index is 12.9. The van der Waals surface area contributed by atoms with Crippen LogP contribution in [-0.4, -0.2) is 33.9 Å². The highest BCUT2D eigenvalue weighted by Crippen LogP contribution is 2.41. The highest BCUT2D eigenvalue weighted by Gasteiger charge is 2.33. The fourth-order valence-corrected chi connectivity index (χ4v) is 5.88. The van der Waals surface area contributed by atoms with Gasteiger partial charge < -0.3 is 19.1 Å². The summed E-state index contributed by atoms with van der Waals surface area (Å²) in [6.45, 7) is 5.04. The monoisotopic (exact) mass is 636 g/mol. The number of halogens is 2. The third-order valence-corrected chi connectivity index (χ3v) is 7.94. The predicted octanol–water partition coefficient (Wildman–Crippen LogP) is 8.70. The molecule has 1 aliphatic rings. The van der Waals surface area contributed by atoms with E-state index in [1.165, 1.54) is 11.8 Å². The van der Waals surface area contributed by atoms with Gasteiger partial charge in [-0.2, -0.15) is 0 Å². The van der Waals surface area contributed by atoms with Crippen molar-refractivity contribution in [2.75, 3.05) is 13.2 Å². The molecule has 0 unspecified atom stereocenters. The van der Waals surface area contributed by atoms with Crippen molar-refractivity contribution in [3.8, 4) is 5.75 Å². The second-order valence-corrected chi connectivity index (χ2v) is 11.3. The van der Waals surface area contributed by atoms with Crippen LogP contribution in [-0.2, 0) is 16.1 Å². The van der Waals surface area contributed by atoms with Gasteiger partial charge >= 0.3 is 5.97 Å². The molecule has 1 aromatic heterocycles. The van der Waals surface area contributed by atoms with E-state index in [9.17, 15) is 9.90 Å². The van der Waals surface area contributed by atoms with Gasteiger partial charge in [0, 0.05) is 38.7 Å². The molecule has 1 N–H and O–H groups in total. The van der Waals surface area contributed by atoms with Gasteiger partial charge in [0.05, 0.1) is 23.8 Å². The van der Waals surface area contributed by atoms with Gasteiger partial charge in [-0.3, -0.25) is 0 Å². The number of aliphatic hydroxyl groups is 1. The van der Waals surface area contributed by atoms with E-state index in [-0.39, 0.29) is 17.9 Å². The molecule has 3 aromatic carbocycles. The second-order valence-electron chi connectivity index (χ2n) is 8.90. The molecule has 9 heteroatoms. The molecule has 4 aromatic rings. The standard InChI is InChI=1S/C31H26BrClN2O4S/c1-3-38-24-12-10-23(11-13-24)34-30-28(31(37)39-4-2)29(36)27(40-30)15-20-18-35(17-19-5-8-22(33)9-6-19)26-14-7-21(32)16-25(20)26/h5-16,18,36H,3-4,17H2,1-2H3/b27-15-,34-30?. The molecule has 0 bridgehead atoms. The number of fused-ring (bicyclic) bond motifs is 1. The van der Waals surface area contributed by atoms with E-state index in [2.05, 4.69) is 31.6 Å². The molecule has 6 nitrogen and oxygen atoms in total. The quantitative estimate of drug-likeness (QED) is 0.196. The fraction of sp³-hybridized carbons (Fsp3) is 0.161. The van der Waals surface area contributed by atoms with Crippen LogP contribution in [0.1, 0.15) is 25.0 Å². The van der Waals surface area contributed by atoms with E-state index in [0.717, 1.165) is 32.3 Å². The molecule has 5 rings (SSSR count). The Morgan fingerprint density at radius 3 is 2.52 bits per heavy atom. The maximum atomic E-state index is 12.9. The highest BCUT2D eigenvalue weighted by atomic mass is 79.9. The molecule has 0 radical (unpaired) electrons. The Balaban J connectivity index is 1.55. The summed E-state index contributed by atoms with van der Waals surface area (Å²) in [7, 11) is 0. The zero-order valence-electron chi connectivity index (χ0n) is 21.9. The molecular weight excluding hydrogens is 612 g/mol. The average Bonchev–Trinajstić information content (AvgIpc) is 3.42. The molecule has 0 aliphatic carbocycles. The van der Waals surface area contributed by atoms with Crippen LogP contribution in [0.25, 0.3) is 17.0 Å². The number of ether oxygens (including phenoxy) is 2. The Hall–Kier alpha value is -3.46. The zero-order chi connectivity index (χ0) is 28.2. The van der Waals surface area contributed by atoms with Gasteiger partial charge in [0.2, 0.25) is 0 Å². The molecular formula is C31H26BrClN2O4S. The van der Waals surface area contributed by atoms with Gasteiger partial charge in [0.15, 0.2) is 0 Å². The minimum atomic E-state index is -0.617. The lowest BCUT2D eigenvalue weighted by Gasteiger charge is -2.06. The summed E-state index contributed by atoms with van der Waals surface area (Å²) in [6, 6.07) is 21.1. The lowest BCUT2D eigenvalue weighted by molar-refractivity contribution is -0.138. The number of hydrogen-bond acceptors (Lipinski definition) is 6. The summed E-state index contributed by atoms with van der Waals surface area (Å²) in [6.07, 6.45) is 3.92. The first-order valence-electron chi connectivity index (χ1n) is 12.7. The molecule has 0 saturated heterocycles. The molecule has 0 amide bonds. The third-order valence-electron chi connectivity index (χ3n) is 6.18. The minimum Gasteiger partial charge on any atom is -0.506 e. The molecule has 40 heavy (non-hydrogen) atoms. The highest BCUT2D eigenvalue weighted by molar-refractivity contribution is 9.10. The first-order valence-corrected chi connectivity index (χ1v) is 14.7. The third kappa shape index (κ3) is 6.14. The number of carbonyl (C=O) groups excluding carboxylic acids is 1. The normalized spacial score (nSPS) is 15.4. The topological polar surface area (TPSA) is 73.0 Å². The van der Waals surface area contributed by atoms with Crippen LogP contribution < -0.4 is 4.74 Å². The first kappa shape index (κ1) is 28.1. The van der Waals surface area contributed by atoms with Crippen LogP contribution in [0.5, 0.6) is 5.75 Å². The second kappa shape index (κ2) is 12.4. The maximum Gasteiger partial charge on any atom is 0.344 e. The van der Waals surface area contributed by atoms with Crippen LogP contribution in [0.3, 0.4) is 0 Å². The molecule has 2 heterocycles. The van der Waals surface area contributed by atoms with Crippen molar-refractivity contribution in [1.82, 2.24) is 4.57 Å². The number of carbonyl (C=O) groups is 1. The molecule has 0 atom stereocenters. The number of aromatic nitrogens is 1. The molecule has 1 aliphatic heterocycles. The van der Waals surface area contributed by atoms with Crippen LogP contribution in [0.2, 0.25) is 5.02 Å². The summed E-state index contributed by atoms with van der Waals surface area (Å²) in [5.74, 6) is -0.0356. The molecule has 0 fully saturated rings. The van der Waals surface area contributed by atoms with E-state index < -0.39 is 5.97 Å². The average molecular weight is 638 g/mol. The Labute approximate surface area is 250 Å². The Bertz CT molecular complexity index is 1660. The van der Waals surface area contributed by atoms with Crippen molar-refractivity contribution < 1.29 is 19.4 Å². The van der Waals surface area contributed by atoms with Gasteiger partial charge in [0.25, 0.3) is 0 Å². The summed E-state index contributed by atoms with van der Waals surface area (Å²) < 4.78 is 13.9. The number of aliphatic hydroxyl groups excluding tert-OH is 1. The first-order chi connectivity index (χ1) is 19.4. The predicted molar refractivity (Wildman–Crippen MR) is 167 cm³/mol. The van der Waals surface area contributed by atoms with Crippen molar-refractivity contribution in [1.29, 1.82) is 0 Å². The molecule has 204 valence electrons. The van der Waals surface area contributed by atoms with Crippen LogP contribution >= 0.6 is 39.3 Å². The van der Waals surface area contributed by atoms with Gasteiger partial charge in [-0.15, -0.1) is 0 Å². The van der Waals surface area contributed by atoms with Crippen molar-refractivity contribution in [2.24, 2.45) is 4.99 Å². The fourth-order valence-electron chi connectivity index (χ4n) is 4.36. The number of rotatable bonds is 8. The van der Waals surface area contributed by atoms with Crippen molar-refractivity contribution >= 4 is 73.0 Å². The van der Waals surface area contributed by atoms with E-state index >= 15 is 0 Å².